The van der Waals surface area contributed by atoms with Crippen molar-refractivity contribution >= 4 is 41.5 Å². The molecule has 0 saturated carbocycles. The first-order valence-electron chi connectivity index (χ1n) is 47.3. The molecular weight excluding hydrogens is 1770 g/mol. The summed E-state index contributed by atoms with van der Waals surface area (Å²) < 4.78 is 61.8. The number of methoxy groups -OCH3 is 1. The molecule has 0 spiro atoms. The zero-order chi connectivity index (χ0) is 98.7. The van der Waals surface area contributed by atoms with Gasteiger partial charge in [0.25, 0.3) is 17.4 Å². The number of rotatable bonds is 69. The number of unbranched alkanes of at least 4 members (excludes halogenated alkanes) is 29. The number of carboxylic acids is 3. The maximum atomic E-state index is 14.1. The van der Waals surface area contributed by atoms with E-state index in [1.54, 1.807) is 0 Å². The molecule has 0 radical (unpaired) electrons. The van der Waals surface area contributed by atoms with E-state index in [-0.39, 0.29) is 12.8 Å². The Balaban J connectivity index is 1.27. The van der Waals surface area contributed by atoms with Gasteiger partial charge in [-0.1, -0.05) is 213 Å². The topological polar surface area (TPSA) is 755 Å². The number of hydrogen-bond donors (Lipinski definition) is 28. The molecule has 4 amide bonds. The number of aliphatic hydroxyl groups excluding tert-OH is 21. The molecule has 5 fully saturated rings. The molecule has 776 valence electrons. The monoisotopic (exact) mass is 1930 g/mol. The first-order valence-corrected chi connectivity index (χ1v) is 47.3. The van der Waals surface area contributed by atoms with Crippen molar-refractivity contribution < 1.29 is 208 Å². The first kappa shape index (κ1) is 118. The third-order valence-electron chi connectivity index (χ3n) is 25.3. The van der Waals surface area contributed by atoms with Gasteiger partial charge in [-0.2, -0.15) is 0 Å². The number of carbonyl (C=O) groups is 7. The first-order chi connectivity index (χ1) is 63.4. The van der Waals surface area contributed by atoms with Crippen LogP contribution in [0.1, 0.15) is 245 Å². The highest BCUT2D eigenvalue weighted by Gasteiger charge is 2.63. The van der Waals surface area contributed by atoms with Crippen LogP contribution >= 0.6 is 0 Å². The predicted molar refractivity (Wildman–Crippen MR) is 459 cm³/mol. The summed E-state index contributed by atoms with van der Waals surface area (Å²) in [7, 11) is 1.00. The van der Waals surface area contributed by atoms with Gasteiger partial charge in [0.1, 0.15) is 136 Å². The van der Waals surface area contributed by atoms with Crippen LogP contribution < -0.4 is 21.3 Å². The summed E-state index contributed by atoms with van der Waals surface area (Å²) in [5, 5.41) is 273. The van der Waals surface area contributed by atoms with Gasteiger partial charge in [0, 0.05) is 26.4 Å². The molecule has 32 atom stereocenters. The van der Waals surface area contributed by atoms with Gasteiger partial charge in [0.15, 0.2) is 12.6 Å². The van der Waals surface area contributed by atoms with Crippen LogP contribution in [-0.4, -0.2) is 425 Å². The van der Waals surface area contributed by atoms with Crippen molar-refractivity contribution in [1.82, 2.24) is 21.3 Å². The van der Waals surface area contributed by atoms with Gasteiger partial charge in [0.2, 0.25) is 23.6 Å². The molecule has 0 aromatic rings. The number of carboxylic acid groups (broad SMARTS) is 3. The summed E-state index contributed by atoms with van der Waals surface area (Å²) in [6.07, 6.45) is -23.8. The lowest BCUT2D eigenvalue weighted by Crippen LogP contribution is -2.71. The number of nitrogens with one attached hydrogen (secondary N) is 4. The normalized spacial score (nSPS) is 31.5. The third kappa shape index (κ3) is 36.2. The van der Waals surface area contributed by atoms with Crippen LogP contribution in [0.5, 0.6) is 0 Å². The third-order valence-corrected chi connectivity index (χ3v) is 25.3. The van der Waals surface area contributed by atoms with Crippen molar-refractivity contribution in [3.8, 4) is 0 Å². The summed E-state index contributed by atoms with van der Waals surface area (Å²) >= 11 is 0. The Hall–Kier alpha value is -4.99. The minimum absolute atomic E-state index is 0.0583. The molecule has 0 aliphatic carbocycles. The molecule has 133 heavy (non-hydrogen) atoms. The molecule has 5 heterocycles. The van der Waals surface area contributed by atoms with E-state index in [9.17, 15) is 156 Å². The number of ether oxygens (including phenoxy) is 11. The van der Waals surface area contributed by atoms with E-state index < -0.39 is 315 Å². The Morgan fingerprint density at radius 3 is 1.15 bits per heavy atom. The van der Waals surface area contributed by atoms with E-state index in [0.717, 1.165) is 77.7 Å². The van der Waals surface area contributed by atoms with Gasteiger partial charge in [-0.25, -0.2) is 14.4 Å². The standard InChI is InChI=1S/C87H156N4O42/c1-4-6-8-10-12-14-16-18-19-20-21-22-23-24-26-28-30-32-34-36-51(99)79(116)88-49(66(108)50(98)35-33-31-29-27-25-17-15-13-11-9-7-5-2)46-124-80-72(114)71(113)74(59(44-96)128-80)129-81-73(115)78(70(112)58(43-95)127-81)133-87(84(121)122)39-54(102)64(76(132-87)68(110)56(104)41-93)91-62(107)47-125-85(82(117)118)37-52(100)63(75(130-85)67(109)55(103)40-92)90-61(106)48-126-86(83(119)120)38-53(101)65(89-60(105)45-97)77(131-86)69(111)57(42-94)123-3/h49-59,63-78,80-81,92-104,108-115H,4-48H2,1-3H3,(H,88,116)(H,89,105)(H,90,106)(H,91,107)(H,117,118)(H,119,120)(H,121,122)/t49-,50+,51+,52-,53-,54-,55+,56+,57+,58+,59+,63+,64+,65+,66-,67+,68+,69+,70-,71+,72+,73+,74+,75+,76+,77+,78-,80+,81-,85+,86+,87-/m0/s1. The zero-order valence-electron chi connectivity index (χ0n) is 76.6. The summed E-state index contributed by atoms with van der Waals surface area (Å²) in [6, 6.07) is -7.65. The van der Waals surface area contributed by atoms with Gasteiger partial charge in [0.05, 0.1) is 88.2 Å². The Morgan fingerprint density at radius 2 is 0.774 bits per heavy atom. The maximum Gasteiger partial charge on any atom is 0.364 e. The fourth-order valence-corrected chi connectivity index (χ4v) is 17.3. The lowest BCUT2D eigenvalue weighted by molar-refractivity contribution is -0.386. The lowest BCUT2D eigenvalue weighted by atomic mass is 9.88. The van der Waals surface area contributed by atoms with E-state index >= 15 is 0 Å². The lowest BCUT2D eigenvalue weighted by Gasteiger charge is -2.50. The quantitative estimate of drug-likeness (QED) is 0.0254. The van der Waals surface area contributed by atoms with Crippen LogP contribution in [0.25, 0.3) is 0 Å². The second-order valence-corrected chi connectivity index (χ2v) is 35.6. The van der Waals surface area contributed by atoms with Crippen LogP contribution in [0, 0.1) is 0 Å². The largest absolute Gasteiger partial charge is 0.477 e. The van der Waals surface area contributed by atoms with Crippen molar-refractivity contribution in [3.63, 3.8) is 0 Å². The molecule has 0 aromatic heterocycles. The maximum absolute atomic E-state index is 14.1. The summed E-state index contributed by atoms with van der Waals surface area (Å²) in [5.74, 6) is -21.8. The van der Waals surface area contributed by atoms with Gasteiger partial charge in [-0.05, 0) is 12.8 Å². The highest BCUT2D eigenvalue weighted by molar-refractivity contribution is 5.82. The van der Waals surface area contributed by atoms with Crippen LogP contribution in [0.4, 0.5) is 0 Å². The second kappa shape index (κ2) is 61.6. The van der Waals surface area contributed by atoms with E-state index in [0.29, 0.717) is 12.8 Å². The summed E-state index contributed by atoms with van der Waals surface area (Å²) in [5.41, 5.74) is 0. The molecule has 0 bridgehead atoms. The molecule has 46 heteroatoms. The van der Waals surface area contributed by atoms with Gasteiger partial charge in [-0.3, -0.25) is 19.2 Å². The van der Waals surface area contributed by atoms with Crippen LogP contribution in [0.15, 0.2) is 0 Å². The Labute approximate surface area is 774 Å². The highest BCUT2D eigenvalue weighted by Crippen LogP contribution is 2.41. The van der Waals surface area contributed by atoms with Crippen LogP contribution in [-0.2, 0) is 85.7 Å². The van der Waals surface area contributed by atoms with Gasteiger partial charge in [-0.15, -0.1) is 0 Å². The Bertz CT molecular complexity index is 3290. The van der Waals surface area contributed by atoms with Crippen LogP contribution in [0.3, 0.4) is 0 Å². The summed E-state index contributed by atoms with van der Waals surface area (Å²) in [4.78, 5) is 93.6. The number of hydrogen-bond acceptors (Lipinski definition) is 39. The average Bonchev–Trinajstić information content (AvgIpc) is 0.596. The fourth-order valence-electron chi connectivity index (χ4n) is 17.3. The van der Waals surface area contributed by atoms with Crippen molar-refractivity contribution in [2.24, 2.45) is 0 Å². The molecule has 5 saturated heterocycles. The van der Waals surface area contributed by atoms with E-state index in [4.69, 9.17) is 52.1 Å². The Morgan fingerprint density at radius 1 is 0.406 bits per heavy atom. The number of aliphatic carboxylic acids is 3. The van der Waals surface area contributed by atoms with E-state index in [1.807, 2.05) is 0 Å². The number of carbonyl (C=O) groups excluding carboxylic acids is 4. The van der Waals surface area contributed by atoms with Crippen molar-refractivity contribution in [3.05, 3.63) is 0 Å². The van der Waals surface area contributed by atoms with Crippen molar-refractivity contribution in [2.75, 3.05) is 66.6 Å². The molecule has 5 rings (SSSR count). The van der Waals surface area contributed by atoms with E-state index in [1.165, 1.54) is 116 Å². The molecule has 0 aromatic carbocycles. The SMILES string of the molecule is CCCCCCCCCCCCCCCCCCCCC[C@@H](O)C(=O)N[C@@H](CO[C@@H]1O[C@H](CO)[C@@H](O[C@@H]2O[C@H](CO)[C@H](O)[C@H](O[C@]3(C(=O)O)C[C@H](O)[C@@H](NC(=O)CO[C@]4(C(=O)O)C[C@H](O)[C@@H](NC(=O)CO[C@]5(C(=O)O)C[C@H](O)[C@@H](NC(=O)CO)[C@H]([C@H](O)[C@@H](CO)OC)O5)[C@H]([C@H](O)[C@H](O)CO)O4)[C@H]([C@H](O)[C@H](O)CO)O3)[C@H]2O)[C@H](O)[C@H]1O)[C@H](O)[C@H](O)CCCCCCCCCCCCCC. The molecular formula is C87H156N4O42. The fraction of sp³-hybridized carbons (Fsp3) is 0.920. The smallest absolute Gasteiger partial charge is 0.364 e. The van der Waals surface area contributed by atoms with Crippen molar-refractivity contribution in [2.45, 2.75) is 439 Å². The minimum atomic E-state index is -3.51. The number of aliphatic hydroxyl groups is 21. The average molecular weight is 1930 g/mol. The van der Waals surface area contributed by atoms with E-state index in [2.05, 4.69) is 35.1 Å². The zero-order valence-corrected chi connectivity index (χ0v) is 76.6. The summed E-state index contributed by atoms with van der Waals surface area (Å²) in [6.45, 7) is -6.66. The Kier molecular flexibility index (Phi) is 54.8. The van der Waals surface area contributed by atoms with Gasteiger partial charge < -0.3 is 196 Å². The molecule has 46 nitrogen and oxygen atoms in total. The van der Waals surface area contributed by atoms with Gasteiger partial charge >= 0.3 is 17.9 Å². The molecule has 0 unspecified atom stereocenters. The molecule has 5 aliphatic heterocycles. The molecule has 28 N–H and O–H groups in total. The minimum Gasteiger partial charge on any atom is -0.477 e. The number of amides is 4. The molecule has 5 aliphatic rings. The van der Waals surface area contributed by atoms with Crippen molar-refractivity contribution in [1.29, 1.82) is 0 Å². The highest BCUT2D eigenvalue weighted by atomic mass is 16.8. The van der Waals surface area contributed by atoms with Crippen LogP contribution in [0.2, 0.25) is 0 Å². The predicted octanol–water partition coefficient (Wildman–Crippen LogP) is -4.80. The second-order valence-electron chi connectivity index (χ2n) is 35.6.